The molecule has 0 saturated carbocycles. The molecule has 2 aromatic heterocycles. The Kier molecular flexibility index (Phi) is 2.49. The average Bonchev–Trinajstić information content (AvgIpc) is 3.08. The van der Waals surface area contributed by atoms with Gasteiger partial charge in [0.2, 0.25) is 0 Å². The third-order valence-electron chi connectivity index (χ3n) is 2.69. The molecule has 1 aromatic carbocycles. The summed E-state index contributed by atoms with van der Waals surface area (Å²) >= 11 is 0. The topological polar surface area (TPSA) is 63.6 Å². The monoisotopic (exact) mass is 238 g/mol. The fraction of sp³-hybridized carbons (Fsp3) is 0. The van der Waals surface area contributed by atoms with Crippen molar-refractivity contribution < 1.29 is 4.79 Å². The van der Waals surface area contributed by atoms with Crippen LogP contribution >= 0.6 is 0 Å². The molecule has 0 radical (unpaired) electrons. The summed E-state index contributed by atoms with van der Waals surface area (Å²) in [5, 5.41) is 10.9. The lowest BCUT2D eigenvalue weighted by atomic mass is 10.2. The van der Waals surface area contributed by atoms with Crippen LogP contribution in [-0.2, 0) is 0 Å². The minimum atomic E-state index is 0.530. The van der Waals surface area contributed by atoms with Crippen LogP contribution in [-0.4, -0.2) is 26.3 Å². The van der Waals surface area contributed by atoms with E-state index in [-0.39, 0.29) is 0 Å². The zero-order valence-corrected chi connectivity index (χ0v) is 9.45. The molecule has 0 aliphatic rings. The summed E-state index contributed by atoms with van der Waals surface area (Å²) in [6.07, 6.45) is 5.84. The van der Waals surface area contributed by atoms with Gasteiger partial charge in [0.25, 0.3) is 0 Å². The molecule has 1 N–H and O–H groups in total. The van der Waals surface area contributed by atoms with Crippen molar-refractivity contribution in [1.29, 1.82) is 0 Å². The van der Waals surface area contributed by atoms with E-state index in [0.717, 1.165) is 17.5 Å². The number of nitrogens with zero attached hydrogens (tertiary/aromatic N) is 3. The molecule has 18 heavy (non-hydrogen) atoms. The van der Waals surface area contributed by atoms with Gasteiger partial charge in [-0.05, 0) is 12.1 Å². The van der Waals surface area contributed by atoms with Gasteiger partial charge in [0, 0.05) is 11.8 Å². The number of para-hydroxylation sites is 1. The number of aromatic nitrogens is 4. The molecule has 5 heteroatoms. The Hall–Kier alpha value is -2.69. The van der Waals surface area contributed by atoms with Crippen molar-refractivity contribution in [1.82, 2.24) is 20.0 Å². The first-order valence-corrected chi connectivity index (χ1v) is 5.47. The largest absolute Gasteiger partial charge is 0.298 e. The zero-order chi connectivity index (χ0) is 12.4. The van der Waals surface area contributed by atoms with Gasteiger partial charge in [0.1, 0.15) is 0 Å². The van der Waals surface area contributed by atoms with E-state index in [2.05, 4.69) is 15.3 Å². The van der Waals surface area contributed by atoms with E-state index in [9.17, 15) is 4.79 Å². The molecular weight excluding hydrogens is 228 g/mol. The fourth-order valence-corrected chi connectivity index (χ4v) is 1.79. The molecule has 0 bridgehead atoms. The summed E-state index contributed by atoms with van der Waals surface area (Å²) in [6, 6.07) is 9.77. The maximum absolute atomic E-state index is 10.9. The van der Waals surface area contributed by atoms with E-state index < -0.39 is 0 Å². The molecule has 2 heterocycles. The van der Waals surface area contributed by atoms with Gasteiger partial charge in [-0.3, -0.25) is 9.89 Å². The van der Waals surface area contributed by atoms with E-state index in [0.29, 0.717) is 11.3 Å². The highest BCUT2D eigenvalue weighted by atomic mass is 16.1. The maximum Gasteiger partial charge on any atom is 0.153 e. The number of H-pyrrole nitrogens is 1. The van der Waals surface area contributed by atoms with E-state index in [1.165, 1.54) is 6.20 Å². The quantitative estimate of drug-likeness (QED) is 0.710. The molecule has 3 aromatic rings. The number of hydrogen-bond acceptors (Lipinski definition) is 3. The van der Waals surface area contributed by atoms with Crippen molar-refractivity contribution in [2.24, 2.45) is 0 Å². The van der Waals surface area contributed by atoms with Crippen LogP contribution in [0.25, 0.3) is 16.9 Å². The first-order chi connectivity index (χ1) is 8.88. The van der Waals surface area contributed by atoms with Crippen LogP contribution < -0.4 is 0 Å². The Balaban J connectivity index is 2.02. The summed E-state index contributed by atoms with van der Waals surface area (Å²) in [7, 11) is 0. The summed E-state index contributed by atoms with van der Waals surface area (Å²) in [5.74, 6) is 0. The summed E-state index contributed by atoms with van der Waals surface area (Å²) in [6.45, 7) is 0. The summed E-state index contributed by atoms with van der Waals surface area (Å²) < 4.78 is 1.75. The Morgan fingerprint density at radius 3 is 2.78 bits per heavy atom. The van der Waals surface area contributed by atoms with Crippen molar-refractivity contribution in [2.45, 2.75) is 0 Å². The van der Waals surface area contributed by atoms with Gasteiger partial charge in [-0.1, -0.05) is 18.2 Å². The molecule has 0 amide bonds. The molecule has 0 spiro atoms. The van der Waals surface area contributed by atoms with Gasteiger partial charge in [0.05, 0.1) is 29.3 Å². The number of aldehydes is 1. The molecule has 0 aliphatic carbocycles. The van der Waals surface area contributed by atoms with Crippen molar-refractivity contribution in [3.63, 3.8) is 0 Å². The van der Waals surface area contributed by atoms with Gasteiger partial charge < -0.3 is 0 Å². The fourth-order valence-electron chi connectivity index (χ4n) is 1.79. The smallest absolute Gasteiger partial charge is 0.153 e. The second kappa shape index (κ2) is 4.29. The predicted octanol–water partition coefficient (Wildman–Crippen LogP) is 2.07. The van der Waals surface area contributed by atoms with Crippen molar-refractivity contribution in [3.8, 4) is 16.9 Å². The van der Waals surface area contributed by atoms with Gasteiger partial charge in [0.15, 0.2) is 6.29 Å². The van der Waals surface area contributed by atoms with E-state index in [1.54, 1.807) is 10.9 Å². The van der Waals surface area contributed by atoms with E-state index in [4.69, 9.17) is 0 Å². The highest BCUT2D eigenvalue weighted by molar-refractivity contribution is 5.84. The molecule has 3 rings (SSSR count). The van der Waals surface area contributed by atoms with Gasteiger partial charge in [-0.2, -0.15) is 10.2 Å². The molecule has 0 atom stereocenters. The number of carbonyl (C=O) groups is 1. The van der Waals surface area contributed by atoms with Gasteiger partial charge in [-0.25, -0.2) is 4.68 Å². The van der Waals surface area contributed by atoms with E-state index in [1.807, 2.05) is 36.5 Å². The molecule has 0 fully saturated rings. The number of benzene rings is 1. The summed E-state index contributed by atoms with van der Waals surface area (Å²) in [4.78, 5) is 10.9. The molecule has 88 valence electrons. The number of nitrogens with one attached hydrogen (secondary N) is 1. The lowest BCUT2D eigenvalue weighted by Gasteiger charge is -1.98. The van der Waals surface area contributed by atoms with E-state index >= 15 is 0 Å². The van der Waals surface area contributed by atoms with Crippen LogP contribution in [0.15, 0.2) is 48.9 Å². The highest BCUT2D eigenvalue weighted by Gasteiger charge is 2.09. The standard InChI is InChI=1S/C13H10N4O/c18-9-11-6-14-16-13(11)10-7-15-17(8-10)12-4-2-1-3-5-12/h1-9H,(H,14,16). The van der Waals surface area contributed by atoms with Crippen molar-refractivity contribution in [2.75, 3.05) is 0 Å². The average molecular weight is 238 g/mol. The molecule has 0 aliphatic heterocycles. The first-order valence-electron chi connectivity index (χ1n) is 5.47. The lowest BCUT2D eigenvalue weighted by molar-refractivity contribution is 0.112. The lowest BCUT2D eigenvalue weighted by Crippen LogP contribution is -1.92. The zero-order valence-electron chi connectivity index (χ0n) is 9.45. The normalized spacial score (nSPS) is 10.4. The minimum Gasteiger partial charge on any atom is -0.298 e. The Labute approximate surface area is 103 Å². The highest BCUT2D eigenvalue weighted by Crippen LogP contribution is 2.20. The Morgan fingerprint density at radius 1 is 1.17 bits per heavy atom. The number of carbonyl (C=O) groups excluding carboxylic acids is 1. The Morgan fingerprint density at radius 2 is 2.00 bits per heavy atom. The maximum atomic E-state index is 10.9. The second-order valence-corrected chi connectivity index (χ2v) is 3.83. The molecular formula is C13H10N4O. The second-order valence-electron chi connectivity index (χ2n) is 3.83. The third-order valence-corrected chi connectivity index (χ3v) is 2.69. The third kappa shape index (κ3) is 1.71. The Bertz CT molecular complexity index is 669. The predicted molar refractivity (Wildman–Crippen MR) is 66.5 cm³/mol. The van der Waals surface area contributed by atoms with Crippen LogP contribution in [0, 0.1) is 0 Å². The number of hydrogen-bond donors (Lipinski definition) is 1. The van der Waals surface area contributed by atoms with Crippen LogP contribution in [0.4, 0.5) is 0 Å². The number of aromatic amines is 1. The van der Waals surface area contributed by atoms with Crippen LogP contribution in [0.1, 0.15) is 10.4 Å². The molecule has 0 saturated heterocycles. The van der Waals surface area contributed by atoms with Gasteiger partial charge >= 0.3 is 0 Å². The molecule has 0 unspecified atom stereocenters. The van der Waals surface area contributed by atoms with Crippen molar-refractivity contribution >= 4 is 6.29 Å². The minimum absolute atomic E-state index is 0.530. The van der Waals surface area contributed by atoms with Crippen molar-refractivity contribution in [3.05, 3.63) is 54.5 Å². The van der Waals surface area contributed by atoms with Crippen LogP contribution in [0.3, 0.4) is 0 Å². The molecule has 5 nitrogen and oxygen atoms in total. The SMILES string of the molecule is O=Cc1cn[nH]c1-c1cnn(-c2ccccc2)c1. The van der Waals surface area contributed by atoms with Gasteiger partial charge in [-0.15, -0.1) is 0 Å². The van der Waals surface area contributed by atoms with Crippen LogP contribution in [0.2, 0.25) is 0 Å². The number of rotatable bonds is 3. The summed E-state index contributed by atoms with van der Waals surface area (Å²) in [5.41, 5.74) is 3.02. The van der Waals surface area contributed by atoms with Crippen LogP contribution in [0.5, 0.6) is 0 Å². The first kappa shape index (κ1) is 10.5.